The second kappa shape index (κ2) is 2.21. The molecule has 1 aliphatic carbocycles. The molecule has 0 aromatic rings. The first-order valence-corrected chi connectivity index (χ1v) is 4.25. The fourth-order valence-electron chi connectivity index (χ4n) is 1.94. The summed E-state index contributed by atoms with van der Waals surface area (Å²) in [6.07, 6.45) is 1.49. The molecular formula is C8H16N2. The lowest BCUT2D eigenvalue weighted by molar-refractivity contribution is 0.238. The van der Waals surface area contributed by atoms with Crippen molar-refractivity contribution in [3.05, 3.63) is 0 Å². The van der Waals surface area contributed by atoms with Gasteiger partial charge in [0.15, 0.2) is 0 Å². The summed E-state index contributed by atoms with van der Waals surface area (Å²) >= 11 is 0. The summed E-state index contributed by atoms with van der Waals surface area (Å²) in [6.45, 7) is 5.69. The zero-order chi connectivity index (χ0) is 7.14. The number of hydrogen-bond acceptors (Lipinski definition) is 2. The standard InChI is InChI=1S/C8H16N2/c1-6(3-9)10-4-7-2-8(7)5-10/h6-8H,2-5,9H2,1H3. The van der Waals surface area contributed by atoms with E-state index in [1.807, 2.05) is 0 Å². The first-order valence-electron chi connectivity index (χ1n) is 4.25. The minimum atomic E-state index is 0.618. The van der Waals surface area contributed by atoms with Gasteiger partial charge in [-0.15, -0.1) is 0 Å². The first kappa shape index (κ1) is 6.62. The SMILES string of the molecule is CC(CN)N1CC2CC2C1. The topological polar surface area (TPSA) is 29.3 Å². The summed E-state index contributed by atoms with van der Waals surface area (Å²) in [7, 11) is 0. The molecule has 0 radical (unpaired) electrons. The second-order valence-electron chi connectivity index (χ2n) is 3.79. The molecule has 2 nitrogen and oxygen atoms in total. The molecule has 0 bridgehead atoms. The van der Waals surface area contributed by atoms with Gasteiger partial charge in [0.2, 0.25) is 0 Å². The van der Waals surface area contributed by atoms with E-state index in [0.29, 0.717) is 6.04 Å². The molecule has 2 aliphatic rings. The lowest BCUT2D eigenvalue weighted by Crippen LogP contribution is -2.37. The van der Waals surface area contributed by atoms with Gasteiger partial charge in [-0.2, -0.15) is 0 Å². The van der Waals surface area contributed by atoms with E-state index >= 15 is 0 Å². The molecule has 3 unspecified atom stereocenters. The average molecular weight is 140 g/mol. The van der Waals surface area contributed by atoms with Crippen LogP contribution in [0, 0.1) is 11.8 Å². The fraction of sp³-hybridized carbons (Fsp3) is 1.00. The Hall–Kier alpha value is -0.0800. The normalized spacial score (nSPS) is 41.4. The van der Waals surface area contributed by atoms with Gasteiger partial charge in [-0.3, -0.25) is 4.90 Å². The van der Waals surface area contributed by atoms with E-state index in [2.05, 4.69) is 11.8 Å². The molecule has 2 fully saturated rings. The van der Waals surface area contributed by atoms with E-state index in [9.17, 15) is 0 Å². The summed E-state index contributed by atoms with van der Waals surface area (Å²) in [5, 5.41) is 0. The van der Waals surface area contributed by atoms with Crippen LogP contribution in [0.4, 0.5) is 0 Å². The van der Waals surface area contributed by atoms with Crippen LogP contribution in [-0.2, 0) is 0 Å². The van der Waals surface area contributed by atoms with Crippen LogP contribution in [-0.4, -0.2) is 30.6 Å². The maximum absolute atomic E-state index is 5.57. The van der Waals surface area contributed by atoms with Crippen molar-refractivity contribution >= 4 is 0 Å². The van der Waals surface area contributed by atoms with Crippen molar-refractivity contribution in [2.75, 3.05) is 19.6 Å². The van der Waals surface area contributed by atoms with Crippen LogP contribution < -0.4 is 5.73 Å². The summed E-state index contributed by atoms with van der Waals surface area (Å²) in [5.74, 6) is 2.10. The monoisotopic (exact) mass is 140 g/mol. The van der Waals surface area contributed by atoms with Gasteiger partial charge in [0.25, 0.3) is 0 Å². The quantitative estimate of drug-likeness (QED) is 0.597. The van der Waals surface area contributed by atoms with Gasteiger partial charge in [-0.25, -0.2) is 0 Å². The second-order valence-corrected chi connectivity index (χ2v) is 3.79. The minimum absolute atomic E-state index is 0.618. The smallest absolute Gasteiger partial charge is 0.0190 e. The van der Waals surface area contributed by atoms with Crippen molar-refractivity contribution in [2.45, 2.75) is 19.4 Å². The molecule has 1 saturated carbocycles. The Labute approximate surface area is 62.4 Å². The van der Waals surface area contributed by atoms with Gasteiger partial charge in [0.1, 0.15) is 0 Å². The number of piperidine rings is 1. The lowest BCUT2D eigenvalue weighted by Gasteiger charge is -2.23. The minimum Gasteiger partial charge on any atom is -0.329 e. The van der Waals surface area contributed by atoms with Gasteiger partial charge in [0, 0.05) is 25.7 Å². The highest BCUT2D eigenvalue weighted by Gasteiger charge is 2.45. The fourth-order valence-corrected chi connectivity index (χ4v) is 1.94. The van der Waals surface area contributed by atoms with Crippen LogP contribution in [0.25, 0.3) is 0 Å². The third kappa shape index (κ3) is 0.956. The molecule has 0 aromatic carbocycles. The molecular weight excluding hydrogens is 124 g/mol. The van der Waals surface area contributed by atoms with Gasteiger partial charge in [-0.05, 0) is 25.2 Å². The predicted molar refractivity (Wildman–Crippen MR) is 41.7 cm³/mol. The van der Waals surface area contributed by atoms with E-state index in [0.717, 1.165) is 18.4 Å². The van der Waals surface area contributed by atoms with E-state index in [4.69, 9.17) is 5.73 Å². The van der Waals surface area contributed by atoms with Gasteiger partial charge < -0.3 is 5.73 Å². The van der Waals surface area contributed by atoms with Gasteiger partial charge in [-0.1, -0.05) is 0 Å². The van der Waals surface area contributed by atoms with Crippen molar-refractivity contribution < 1.29 is 0 Å². The van der Waals surface area contributed by atoms with Crippen molar-refractivity contribution in [2.24, 2.45) is 17.6 Å². The summed E-state index contributed by atoms with van der Waals surface area (Å²) in [6, 6.07) is 0.618. The Morgan fingerprint density at radius 3 is 2.60 bits per heavy atom. The Bertz CT molecular complexity index is 125. The van der Waals surface area contributed by atoms with Crippen LogP contribution in [0.2, 0.25) is 0 Å². The summed E-state index contributed by atoms with van der Waals surface area (Å²) in [4.78, 5) is 2.53. The van der Waals surface area contributed by atoms with Gasteiger partial charge >= 0.3 is 0 Å². The third-order valence-electron chi connectivity index (χ3n) is 2.97. The highest BCUT2D eigenvalue weighted by Crippen LogP contribution is 2.45. The zero-order valence-electron chi connectivity index (χ0n) is 6.59. The molecule has 1 saturated heterocycles. The number of fused-ring (bicyclic) bond motifs is 1. The van der Waals surface area contributed by atoms with Crippen LogP contribution in [0.5, 0.6) is 0 Å². The summed E-state index contributed by atoms with van der Waals surface area (Å²) in [5.41, 5.74) is 5.57. The predicted octanol–water partition coefficient (Wildman–Crippen LogP) is 0.285. The number of nitrogens with zero attached hydrogens (tertiary/aromatic N) is 1. The van der Waals surface area contributed by atoms with Crippen molar-refractivity contribution in [3.63, 3.8) is 0 Å². The number of hydrogen-bond donors (Lipinski definition) is 1. The zero-order valence-corrected chi connectivity index (χ0v) is 6.59. The molecule has 3 atom stereocenters. The average Bonchev–Trinajstić information content (AvgIpc) is 2.57. The number of likely N-dealkylation sites (tertiary alicyclic amines) is 1. The Morgan fingerprint density at radius 1 is 1.50 bits per heavy atom. The van der Waals surface area contributed by atoms with Crippen LogP contribution in [0.1, 0.15) is 13.3 Å². The highest BCUT2D eigenvalue weighted by atomic mass is 15.2. The molecule has 0 spiro atoms. The largest absolute Gasteiger partial charge is 0.329 e. The maximum atomic E-state index is 5.57. The first-order chi connectivity index (χ1) is 4.81. The van der Waals surface area contributed by atoms with E-state index in [-0.39, 0.29) is 0 Å². The maximum Gasteiger partial charge on any atom is 0.0190 e. The van der Waals surface area contributed by atoms with Crippen molar-refractivity contribution in [3.8, 4) is 0 Å². The van der Waals surface area contributed by atoms with E-state index in [1.54, 1.807) is 0 Å². The highest BCUT2D eigenvalue weighted by molar-refractivity contribution is 4.98. The van der Waals surface area contributed by atoms with Crippen LogP contribution in [0.15, 0.2) is 0 Å². The molecule has 2 rings (SSSR count). The van der Waals surface area contributed by atoms with Crippen molar-refractivity contribution in [1.29, 1.82) is 0 Å². The Balaban J connectivity index is 1.84. The molecule has 1 aliphatic heterocycles. The molecule has 10 heavy (non-hydrogen) atoms. The molecule has 2 heteroatoms. The Morgan fingerprint density at radius 2 is 2.10 bits per heavy atom. The number of rotatable bonds is 2. The molecule has 0 amide bonds. The van der Waals surface area contributed by atoms with Crippen LogP contribution >= 0.6 is 0 Å². The number of nitrogens with two attached hydrogens (primary N) is 1. The summed E-state index contributed by atoms with van der Waals surface area (Å²) < 4.78 is 0. The van der Waals surface area contributed by atoms with E-state index < -0.39 is 0 Å². The molecule has 2 N–H and O–H groups in total. The molecule has 1 heterocycles. The third-order valence-corrected chi connectivity index (χ3v) is 2.97. The van der Waals surface area contributed by atoms with E-state index in [1.165, 1.54) is 19.5 Å². The van der Waals surface area contributed by atoms with Crippen molar-refractivity contribution in [1.82, 2.24) is 4.90 Å². The van der Waals surface area contributed by atoms with Crippen LogP contribution in [0.3, 0.4) is 0 Å². The van der Waals surface area contributed by atoms with Gasteiger partial charge in [0.05, 0.1) is 0 Å². The molecule has 0 aromatic heterocycles. The lowest BCUT2D eigenvalue weighted by atomic mass is 10.3. The molecule has 58 valence electrons. The Kier molecular flexibility index (Phi) is 1.46.